The van der Waals surface area contributed by atoms with Gasteiger partial charge in [0.05, 0.1) is 41.9 Å². The van der Waals surface area contributed by atoms with Gasteiger partial charge in [0, 0.05) is 12.7 Å². The van der Waals surface area contributed by atoms with Crippen molar-refractivity contribution in [2.24, 2.45) is 0 Å². The first-order chi connectivity index (χ1) is 13.6. The van der Waals surface area contributed by atoms with Crippen LogP contribution in [0.3, 0.4) is 0 Å². The van der Waals surface area contributed by atoms with Crippen molar-refractivity contribution in [1.82, 2.24) is 19.7 Å². The fourth-order valence-electron chi connectivity index (χ4n) is 3.87. The predicted octanol–water partition coefficient (Wildman–Crippen LogP) is 2.68. The van der Waals surface area contributed by atoms with E-state index in [0.29, 0.717) is 37.4 Å². The molecule has 0 radical (unpaired) electrons. The lowest BCUT2D eigenvalue weighted by molar-refractivity contribution is 0.0995. The molecule has 0 spiro atoms. The number of rotatable bonds is 3. The van der Waals surface area contributed by atoms with Gasteiger partial charge >= 0.3 is 0 Å². The van der Waals surface area contributed by atoms with Crippen molar-refractivity contribution in [1.29, 1.82) is 0 Å². The number of pyridine rings is 2. The standard InChI is InChI=1S/C20H19FN6O/c1-13-19-16(12-26(20(19)28)18-4-2-3-8-22-18)24-27(13)15-5-6-17(23-10-15)25-9-7-14(21)11-25/h2-6,8,10,14H,7,9,11-12H2,1H3/t14-/m1/s1. The summed E-state index contributed by atoms with van der Waals surface area (Å²) >= 11 is 0. The molecule has 2 aliphatic heterocycles. The van der Waals surface area contributed by atoms with Crippen LogP contribution in [0, 0.1) is 6.92 Å². The number of carbonyl (C=O) groups excluding carboxylic acids is 1. The highest BCUT2D eigenvalue weighted by molar-refractivity contribution is 6.10. The number of amides is 1. The number of alkyl halides is 1. The van der Waals surface area contributed by atoms with E-state index in [1.165, 1.54) is 0 Å². The maximum Gasteiger partial charge on any atom is 0.263 e. The van der Waals surface area contributed by atoms with Crippen molar-refractivity contribution in [2.45, 2.75) is 26.1 Å². The summed E-state index contributed by atoms with van der Waals surface area (Å²) in [4.78, 5) is 25.2. The van der Waals surface area contributed by atoms with Gasteiger partial charge in [0.15, 0.2) is 0 Å². The Balaban J connectivity index is 1.42. The van der Waals surface area contributed by atoms with Crippen molar-refractivity contribution < 1.29 is 9.18 Å². The first kappa shape index (κ1) is 16.9. The molecule has 0 bridgehead atoms. The van der Waals surface area contributed by atoms with E-state index in [0.717, 1.165) is 22.9 Å². The molecule has 0 saturated carbocycles. The van der Waals surface area contributed by atoms with Crippen LogP contribution in [0.2, 0.25) is 0 Å². The monoisotopic (exact) mass is 378 g/mol. The van der Waals surface area contributed by atoms with E-state index in [-0.39, 0.29) is 5.91 Å². The number of hydrogen-bond donors (Lipinski definition) is 0. The molecular formula is C20H19FN6O. The number of anilines is 2. The molecule has 1 fully saturated rings. The number of carbonyl (C=O) groups is 1. The molecule has 0 aliphatic carbocycles. The molecule has 1 atom stereocenters. The maximum absolute atomic E-state index is 13.4. The molecule has 3 aromatic heterocycles. The Kier molecular flexibility index (Phi) is 3.85. The van der Waals surface area contributed by atoms with E-state index >= 15 is 0 Å². The second-order valence-electron chi connectivity index (χ2n) is 7.10. The largest absolute Gasteiger partial charge is 0.354 e. The van der Waals surface area contributed by atoms with Crippen LogP contribution in [0.4, 0.5) is 16.0 Å². The minimum Gasteiger partial charge on any atom is -0.354 e. The van der Waals surface area contributed by atoms with E-state index in [2.05, 4.69) is 15.1 Å². The molecule has 0 unspecified atom stereocenters. The molecule has 3 aromatic rings. The second-order valence-corrected chi connectivity index (χ2v) is 7.10. The fourth-order valence-corrected chi connectivity index (χ4v) is 3.87. The third-order valence-corrected chi connectivity index (χ3v) is 5.31. The quantitative estimate of drug-likeness (QED) is 0.701. The lowest BCUT2D eigenvalue weighted by Crippen LogP contribution is -2.25. The summed E-state index contributed by atoms with van der Waals surface area (Å²) < 4.78 is 15.2. The Bertz CT molecular complexity index is 1030. The molecule has 0 N–H and O–H groups in total. The fraction of sp³-hybridized carbons (Fsp3) is 0.300. The Labute approximate surface area is 161 Å². The molecule has 28 heavy (non-hydrogen) atoms. The lowest BCUT2D eigenvalue weighted by Gasteiger charge is -2.17. The topological polar surface area (TPSA) is 67.2 Å². The highest BCUT2D eigenvalue weighted by Crippen LogP contribution is 2.30. The van der Waals surface area contributed by atoms with Gasteiger partial charge in [-0.1, -0.05) is 6.07 Å². The smallest absolute Gasteiger partial charge is 0.263 e. The second kappa shape index (κ2) is 6.40. The third kappa shape index (κ3) is 2.64. The molecule has 0 aromatic carbocycles. The minimum atomic E-state index is -0.786. The molecule has 8 heteroatoms. The first-order valence-electron chi connectivity index (χ1n) is 9.28. The SMILES string of the molecule is Cc1c2c(nn1-c1ccc(N3CC[C@@H](F)C3)nc1)CN(c1ccccn1)C2=O. The van der Waals surface area contributed by atoms with Crippen molar-refractivity contribution in [2.75, 3.05) is 22.9 Å². The summed E-state index contributed by atoms with van der Waals surface area (Å²) in [5.74, 6) is 1.30. The van der Waals surface area contributed by atoms with E-state index in [1.54, 1.807) is 22.0 Å². The van der Waals surface area contributed by atoms with Gasteiger partial charge in [-0.05, 0) is 37.6 Å². The number of aromatic nitrogens is 4. The Hall–Kier alpha value is -3.29. The van der Waals surface area contributed by atoms with Crippen LogP contribution in [0.25, 0.3) is 5.69 Å². The van der Waals surface area contributed by atoms with Gasteiger partial charge in [0.2, 0.25) is 0 Å². The minimum absolute atomic E-state index is 0.0897. The Morgan fingerprint density at radius 1 is 1.14 bits per heavy atom. The van der Waals surface area contributed by atoms with Crippen LogP contribution in [0.1, 0.15) is 28.2 Å². The van der Waals surface area contributed by atoms with E-state index in [1.807, 2.05) is 42.2 Å². The maximum atomic E-state index is 13.4. The summed E-state index contributed by atoms with van der Waals surface area (Å²) in [6.45, 7) is 3.35. The van der Waals surface area contributed by atoms with E-state index < -0.39 is 6.17 Å². The normalized spacial score (nSPS) is 18.8. The van der Waals surface area contributed by atoms with Crippen LogP contribution in [-0.2, 0) is 6.54 Å². The zero-order valence-corrected chi connectivity index (χ0v) is 15.4. The molecule has 1 amide bonds. The summed E-state index contributed by atoms with van der Waals surface area (Å²) in [6.07, 6.45) is 3.15. The average molecular weight is 378 g/mol. The van der Waals surface area contributed by atoms with Gasteiger partial charge < -0.3 is 4.90 Å². The number of halogens is 1. The van der Waals surface area contributed by atoms with Crippen LogP contribution in [-0.4, -0.2) is 44.9 Å². The van der Waals surface area contributed by atoms with Crippen LogP contribution >= 0.6 is 0 Å². The third-order valence-electron chi connectivity index (χ3n) is 5.31. The van der Waals surface area contributed by atoms with Gasteiger partial charge in [0.1, 0.15) is 17.8 Å². The van der Waals surface area contributed by atoms with Crippen molar-refractivity contribution >= 4 is 17.5 Å². The Morgan fingerprint density at radius 2 is 2.04 bits per heavy atom. The van der Waals surface area contributed by atoms with Gasteiger partial charge in [-0.15, -0.1) is 0 Å². The molecule has 2 aliphatic rings. The zero-order valence-electron chi connectivity index (χ0n) is 15.4. The molecular weight excluding hydrogens is 359 g/mol. The first-order valence-corrected chi connectivity index (χ1v) is 9.28. The van der Waals surface area contributed by atoms with Crippen molar-refractivity contribution in [3.8, 4) is 5.69 Å². The molecule has 5 heterocycles. The van der Waals surface area contributed by atoms with Gasteiger partial charge in [-0.25, -0.2) is 19.0 Å². The predicted molar refractivity (Wildman–Crippen MR) is 103 cm³/mol. The van der Waals surface area contributed by atoms with Crippen LogP contribution in [0.15, 0.2) is 42.7 Å². The van der Waals surface area contributed by atoms with Gasteiger partial charge in [0.25, 0.3) is 5.91 Å². The van der Waals surface area contributed by atoms with E-state index in [4.69, 9.17) is 0 Å². The van der Waals surface area contributed by atoms with Crippen molar-refractivity contribution in [3.63, 3.8) is 0 Å². The number of fused-ring (bicyclic) bond motifs is 1. The van der Waals surface area contributed by atoms with Crippen molar-refractivity contribution in [3.05, 3.63) is 59.7 Å². The van der Waals surface area contributed by atoms with Crippen LogP contribution in [0.5, 0.6) is 0 Å². The molecule has 1 saturated heterocycles. The Morgan fingerprint density at radius 3 is 2.68 bits per heavy atom. The molecule has 142 valence electrons. The summed E-state index contributed by atoms with van der Waals surface area (Å²) in [7, 11) is 0. The highest BCUT2D eigenvalue weighted by Gasteiger charge is 2.35. The number of hydrogen-bond acceptors (Lipinski definition) is 5. The van der Waals surface area contributed by atoms with Crippen LogP contribution < -0.4 is 9.80 Å². The zero-order chi connectivity index (χ0) is 19.3. The summed E-state index contributed by atoms with van der Waals surface area (Å²) in [6, 6.07) is 9.28. The highest BCUT2D eigenvalue weighted by atomic mass is 19.1. The van der Waals surface area contributed by atoms with Gasteiger partial charge in [-0.2, -0.15) is 5.10 Å². The lowest BCUT2D eigenvalue weighted by atomic mass is 10.2. The van der Waals surface area contributed by atoms with Gasteiger partial charge in [-0.3, -0.25) is 9.69 Å². The van der Waals surface area contributed by atoms with E-state index in [9.17, 15) is 9.18 Å². The number of nitrogens with zero attached hydrogens (tertiary/aromatic N) is 6. The summed E-state index contributed by atoms with van der Waals surface area (Å²) in [5, 5.41) is 4.64. The molecule has 5 rings (SSSR count). The molecule has 7 nitrogen and oxygen atoms in total. The summed E-state index contributed by atoms with van der Waals surface area (Å²) in [5.41, 5.74) is 2.91. The average Bonchev–Trinajstić information content (AvgIpc) is 3.39.